The number of amides is 1. The first-order valence-electron chi connectivity index (χ1n) is 26.3. The molecule has 0 aliphatic carbocycles. The Labute approximate surface area is 362 Å². The van der Waals surface area contributed by atoms with Crippen LogP contribution in [0.3, 0.4) is 0 Å². The maximum absolute atomic E-state index is 12.9. The molecule has 344 valence electrons. The first-order chi connectivity index (χ1) is 28.5. The van der Waals surface area contributed by atoms with E-state index in [9.17, 15) is 9.59 Å². The number of unbranched alkanes of at least 4 members (excludes halogenated alkanes) is 19. The molecule has 0 aromatic carbocycles. The minimum absolute atomic E-state index is 0.00106. The monoisotopic (exact) mass is 819 g/mol. The van der Waals surface area contributed by atoms with Gasteiger partial charge in [-0.1, -0.05) is 201 Å². The third kappa shape index (κ3) is 35.6. The van der Waals surface area contributed by atoms with Crippen LogP contribution in [0.4, 0.5) is 0 Å². The molecule has 1 heterocycles. The standard InChI is InChI=1S/C52H102N2O4/c1-5-9-22-32-48(33-23-10-6-2)40-46-57-45-31-21-17-13-14-18-26-36-50(53-51(55)39-44-54-42-29-30-43-54)37-27-19-15-16-20-28-38-52(56)58-47-41-49(34-24-11-7-3)35-25-12-8-4/h48-50H,5-47H2,1-4H3,(H,53,55). The highest BCUT2D eigenvalue weighted by atomic mass is 16.5. The van der Waals surface area contributed by atoms with Crippen molar-refractivity contribution in [3.63, 3.8) is 0 Å². The van der Waals surface area contributed by atoms with Crippen LogP contribution in [0.5, 0.6) is 0 Å². The van der Waals surface area contributed by atoms with Gasteiger partial charge in [0.1, 0.15) is 0 Å². The summed E-state index contributed by atoms with van der Waals surface area (Å²) >= 11 is 0. The average Bonchev–Trinajstić information content (AvgIpc) is 3.75. The number of carbonyl (C=O) groups excluding carboxylic acids is 2. The van der Waals surface area contributed by atoms with E-state index in [4.69, 9.17) is 9.47 Å². The molecule has 0 radical (unpaired) electrons. The molecule has 6 nitrogen and oxygen atoms in total. The molecule has 1 amide bonds. The summed E-state index contributed by atoms with van der Waals surface area (Å²) in [7, 11) is 0. The molecule has 1 saturated heterocycles. The predicted molar refractivity (Wildman–Crippen MR) is 251 cm³/mol. The van der Waals surface area contributed by atoms with Gasteiger partial charge in [0, 0.05) is 38.6 Å². The average molecular weight is 819 g/mol. The molecular formula is C52H102N2O4. The van der Waals surface area contributed by atoms with E-state index < -0.39 is 0 Å². The smallest absolute Gasteiger partial charge is 0.305 e. The van der Waals surface area contributed by atoms with Crippen LogP contribution < -0.4 is 5.32 Å². The molecule has 58 heavy (non-hydrogen) atoms. The minimum Gasteiger partial charge on any atom is -0.466 e. The van der Waals surface area contributed by atoms with Crippen LogP contribution in [0.1, 0.15) is 265 Å². The van der Waals surface area contributed by atoms with Crippen LogP contribution >= 0.6 is 0 Å². The second-order valence-electron chi connectivity index (χ2n) is 18.6. The predicted octanol–water partition coefficient (Wildman–Crippen LogP) is 15.1. The van der Waals surface area contributed by atoms with Gasteiger partial charge in [-0.25, -0.2) is 0 Å². The van der Waals surface area contributed by atoms with E-state index in [1.54, 1.807) is 0 Å². The van der Waals surface area contributed by atoms with Crippen LogP contribution in [0.25, 0.3) is 0 Å². The van der Waals surface area contributed by atoms with E-state index in [2.05, 4.69) is 37.9 Å². The Morgan fingerprint density at radius 3 is 1.40 bits per heavy atom. The number of nitrogens with zero attached hydrogens (tertiary/aromatic N) is 1. The molecule has 1 fully saturated rings. The first kappa shape index (κ1) is 54.9. The number of hydrogen-bond donors (Lipinski definition) is 1. The molecule has 6 heteroatoms. The Morgan fingerprint density at radius 2 is 0.897 bits per heavy atom. The zero-order chi connectivity index (χ0) is 42.0. The van der Waals surface area contributed by atoms with Gasteiger partial charge in [-0.15, -0.1) is 0 Å². The summed E-state index contributed by atoms with van der Waals surface area (Å²) in [4.78, 5) is 27.8. The van der Waals surface area contributed by atoms with Crippen molar-refractivity contribution in [1.82, 2.24) is 10.2 Å². The van der Waals surface area contributed by atoms with Crippen molar-refractivity contribution in [2.24, 2.45) is 11.8 Å². The fraction of sp³-hybridized carbons (Fsp3) is 0.962. The van der Waals surface area contributed by atoms with Gasteiger partial charge in [0.15, 0.2) is 0 Å². The van der Waals surface area contributed by atoms with E-state index in [0.717, 1.165) is 70.9 Å². The summed E-state index contributed by atoms with van der Waals surface area (Å²) < 4.78 is 11.7. The third-order valence-electron chi connectivity index (χ3n) is 13.1. The van der Waals surface area contributed by atoms with E-state index in [-0.39, 0.29) is 11.9 Å². The van der Waals surface area contributed by atoms with Gasteiger partial charge < -0.3 is 19.7 Å². The summed E-state index contributed by atoms with van der Waals surface area (Å²) in [5.41, 5.74) is 0. The molecular weight excluding hydrogens is 717 g/mol. The zero-order valence-electron chi connectivity index (χ0n) is 39.7. The molecule has 1 rings (SSSR count). The first-order valence-corrected chi connectivity index (χ1v) is 26.3. The van der Waals surface area contributed by atoms with Gasteiger partial charge in [0.2, 0.25) is 5.91 Å². The lowest BCUT2D eigenvalue weighted by Gasteiger charge is -2.20. The Bertz CT molecular complexity index is 857. The van der Waals surface area contributed by atoms with Gasteiger partial charge in [0.25, 0.3) is 0 Å². The summed E-state index contributed by atoms with van der Waals surface area (Å²) in [6.07, 6.45) is 45.4. The lowest BCUT2D eigenvalue weighted by molar-refractivity contribution is -0.144. The molecule has 1 atom stereocenters. The normalized spacial score (nSPS) is 13.9. The molecule has 0 aromatic rings. The van der Waals surface area contributed by atoms with Crippen LogP contribution in [0.15, 0.2) is 0 Å². The quantitative estimate of drug-likeness (QED) is 0.0490. The fourth-order valence-electron chi connectivity index (χ4n) is 9.06. The molecule has 1 aliphatic rings. The number of nitrogens with one attached hydrogen (secondary N) is 1. The number of esters is 1. The SMILES string of the molecule is CCCCCC(CCCCC)CCOCCCCCCCCCC(CCCCCCCCC(=O)OCCC(CCCCC)CCCCC)NC(=O)CCN1CCCC1. The van der Waals surface area contributed by atoms with Crippen molar-refractivity contribution in [2.75, 3.05) is 39.5 Å². The lowest BCUT2D eigenvalue weighted by Crippen LogP contribution is -2.36. The molecule has 0 spiro atoms. The third-order valence-corrected chi connectivity index (χ3v) is 13.1. The second-order valence-corrected chi connectivity index (χ2v) is 18.6. The second kappa shape index (κ2) is 42.5. The largest absolute Gasteiger partial charge is 0.466 e. The number of carbonyl (C=O) groups is 2. The Balaban J connectivity index is 2.21. The summed E-state index contributed by atoms with van der Waals surface area (Å²) in [5.74, 6) is 1.83. The van der Waals surface area contributed by atoms with Gasteiger partial charge in [-0.2, -0.15) is 0 Å². The molecule has 0 bridgehead atoms. The number of likely N-dealkylation sites (tertiary alicyclic amines) is 1. The minimum atomic E-state index is -0.00106. The molecule has 1 unspecified atom stereocenters. The van der Waals surface area contributed by atoms with Crippen molar-refractivity contribution in [2.45, 2.75) is 271 Å². The summed E-state index contributed by atoms with van der Waals surface area (Å²) in [6, 6.07) is 0.314. The number of rotatable bonds is 45. The van der Waals surface area contributed by atoms with Crippen LogP contribution in [0, 0.1) is 11.8 Å². The van der Waals surface area contributed by atoms with Crippen LogP contribution in [0.2, 0.25) is 0 Å². The Morgan fingerprint density at radius 1 is 0.466 bits per heavy atom. The van der Waals surface area contributed by atoms with Crippen molar-refractivity contribution in [3.8, 4) is 0 Å². The van der Waals surface area contributed by atoms with Gasteiger partial charge in [-0.05, 0) is 76.3 Å². The highest BCUT2D eigenvalue weighted by molar-refractivity contribution is 5.76. The Hall–Kier alpha value is -1.14. The molecule has 1 aliphatic heterocycles. The topological polar surface area (TPSA) is 67.9 Å². The van der Waals surface area contributed by atoms with Gasteiger partial charge in [0.05, 0.1) is 6.61 Å². The summed E-state index contributed by atoms with van der Waals surface area (Å²) in [6.45, 7) is 14.9. The van der Waals surface area contributed by atoms with E-state index >= 15 is 0 Å². The Kier molecular flexibility index (Phi) is 40.3. The van der Waals surface area contributed by atoms with E-state index in [1.807, 2.05) is 0 Å². The van der Waals surface area contributed by atoms with Gasteiger partial charge >= 0.3 is 5.97 Å². The van der Waals surface area contributed by atoms with Crippen LogP contribution in [-0.4, -0.2) is 62.3 Å². The van der Waals surface area contributed by atoms with Gasteiger partial charge in [-0.3, -0.25) is 9.59 Å². The zero-order valence-corrected chi connectivity index (χ0v) is 39.7. The summed E-state index contributed by atoms with van der Waals surface area (Å²) in [5, 5.41) is 3.45. The highest BCUT2D eigenvalue weighted by Crippen LogP contribution is 2.23. The van der Waals surface area contributed by atoms with Crippen molar-refractivity contribution in [3.05, 3.63) is 0 Å². The van der Waals surface area contributed by atoms with Crippen molar-refractivity contribution < 1.29 is 19.1 Å². The molecule has 1 N–H and O–H groups in total. The maximum Gasteiger partial charge on any atom is 0.305 e. The molecule has 0 saturated carbocycles. The van der Waals surface area contributed by atoms with Crippen LogP contribution in [-0.2, 0) is 19.1 Å². The van der Waals surface area contributed by atoms with E-state index in [0.29, 0.717) is 31.4 Å². The lowest BCUT2D eigenvalue weighted by atomic mass is 9.92. The van der Waals surface area contributed by atoms with E-state index in [1.165, 1.54) is 193 Å². The fourth-order valence-corrected chi connectivity index (χ4v) is 9.06. The highest BCUT2D eigenvalue weighted by Gasteiger charge is 2.16. The maximum atomic E-state index is 12.9. The van der Waals surface area contributed by atoms with Crippen molar-refractivity contribution >= 4 is 11.9 Å². The van der Waals surface area contributed by atoms with Crippen molar-refractivity contribution in [1.29, 1.82) is 0 Å². The number of ether oxygens (including phenoxy) is 2. The molecule has 0 aromatic heterocycles. The number of hydrogen-bond acceptors (Lipinski definition) is 5.